The maximum atomic E-state index is 15.2. The van der Waals surface area contributed by atoms with Crippen LogP contribution < -0.4 is 0 Å². The van der Waals surface area contributed by atoms with E-state index in [-0.39, 0.29) is 24.5 Å². The van der Waals surface area contributed by atoms with Gasteiger partial charge in [-0.05, 0) is 43.7 Å². The first-order valence-electron chi connectivity index (χ1n) is 10.7. The van der Waals surface area contributed by atoms with Crippen molar-refractivity contribution >= 4 is 23.6 Å². The summed E-state index contributed by atoms with van der Waals surface area (Å²) in [5.41, 5.74) is 1.82. The van der Waals surface area contributed by atoms with Crippen molar-refractivity contribution in [3.05, 3.63) is 51.6 Å². The van der Waals surface area contributed by atoms with Crippen LogP contribution in [-0.2, 0) is 24.4 Å². The number of hydrogen-bond acceptors (Lipinski definition) is 5. The first kappa shape index (κ1) is 22.5. The van der Waals surface area contributed by atoms with E-state index in [2.05, 4.69) is 10.00 Å². The van der Waals surface area contributed by atoms with Gasteiger partial charge in [0.05, 0.1) is 12.2 Å². The molecule has 0 aliphatic carbocycles. The molecule has 2 aliphatic heterocycles. The van der Waals surface area contributed by atoms with Gasteiger partial charge in [-0.3, -0.25) is 9.48 Å². The molecule has 2 amide bonds. The zero-order valence-electron chi connectivity index (χ0n) is 18.3. The van der Waals surface area contributed by atoms with Gasteiger partial charge in [0, 0.05) is 44.3 Å². The van der Waals surface area contributed by atoms with Crippen LogP contribution in [0.1, 0.15) is 33.7 Å². The van der Waals surface area contributed by atoms with Gasteiger partial charge in [-0.15, -0.1) is 0 Å². The van der Waals surface area contributed by atoms with E-state index in [0.717, 1.165) is 24.2 Å². The number of nitrogens with zero attached hydrogens (tertiary/aromatic N) is 5. The minimum absolute atomic E-state index is 0.00224. The Labute approximate surface area is 191 Å². The standard InChI is InChI=1S/C22H27ClFN5O3/c1-15-10-16(12-17(23)11-15)14-32-22(31)28-4-3-5-29-18(13-28)19(24)20(25-29)21(30)27-8-6-26(2)7-9-27/h10-12H,3-9,13-14H2,1-2H3. The van der Waals surface area contributed by atoms with E-state index in [1.54, 1.807) is 11.0 Å². The second-order valence-corrected chi connectivity index (χ2v) is 8.83. The van der Waals surface area contributed by atoms with Crippen molar-refractivity contribution in [3.8, 4) is 0 Å². The van der Waals surface area contributed by atoms with E-state index in [1.165, 1.54) is 9.58 Å². The summed E-state index contributed by atoms with van der Waals surface area (Å²) >= 11 is 6.06. The number of halogens is 2. The van der Waals surface area contributed by atoms with Crippen molar-refractivity contribution in [2.24, 2.45) is 0 Å². The van der Waals surface area contributed by atoms with Gasteiger partial charge in [0.2, 0.25) is 0 Å². The number of aryl methyl sites for hydroxylation is 2. The van der Waals surface area contributed by atoms with E-state index >= 15 is 4.39 Å². The Bertz CT molecular complexity index is 999. The number of piperazine rings is 1. The Hall–Kier alpha value is -2.65. The highest BCUT2D eigenvalue weighted by atomic mass is 35.5. The summed E-state index contributed by atoms with van der Waals surface area (Å²) in [6.45, 7) is 5.40. The average molecular weight is 464 g/mol. The summed E-state index contributed by atoms with van der Waals surface area (Å²) in [7, 11) is 1.99. The van der Waals surface area contributed by atoms with Crippen molar-refractivity contribution in [1.82, 2.24) is 24.5 Å². The summed E-state index contributed by atoms with van der Waals surface area (Å²) < 4.78 is 22.2. The summed E-state index contributed by atoms with van der Waals surface area (Å²) in [5, 5.41) is 4.83. The molecule has 172 valence electrons. The number of fused-ring (bicyclic) bond motifs is 1. The highest BCUT2D eigenvalue weighted by Crippen LogP contribution is 2.22. The predicted molar refractivity (Wildman–Crippen MR) is 117 cm³/mol. The SMILES string of the molecule is Cc1cc(Cl)cc(COC(=O)N2CCCn3nc(C(=O)N4CCN(C)CC4)c(F)c3C2)c1. The molecule has 1 fully saturated rings. The predicted octanol–water partition coefficient (Wildman–Crippen LogP) is 2.91. The zero-order chi connectivity index (χ0) is 22.8. The van der Waals surface area contributed by atoms with E-state index < -0.39 is 17.8 Å². The van der Waals surface area contributed by atoms with Gasteiger partial charge in [-0.2, -0.15) is 5.10 Å². The van der Waals surface area contributed by atoms with Crippen molar-refractivity contribution < 1.29 is 18.7 Å². The highest BCUT2D eigenvalue weighted by Gasteiger charge is 2.31. The summed E-state index contributed by atoms with van der Waals surface area (Å²) in [4.78, 5) is 30.7. The molecule has 2 aliphatic rings. The lowest BCUT2D eigenvalue weighted by Crippen LogP contribution is -2.47. The number of aromatic nitrogens is 2. The Balaban J connectivity index is 1.44. The number of likely N-dealkylation sites (N-methyl/N-ethyl adjacent to an activating group) is 1. The second kappa shape index (κ2) is 9.46. The first-order chi connectivity index (χ1) is 15.3. The number of benzene rings is 1. The lowest BCUT2D eigenvalue weighted by Gasteiger charge is -2.31. The Kier molecular flexibility index (Phi) is 6.66. The molecule has 10 heteroatoms. The maximum Gasteiger partial charge on any atom is 0.410 e. The van der Waals surface area contributed by atoms with Crippen molar-refractivity contribution in [2.45, 2.75) is 33.0 Å². The van der Waals surface area contributed by atoms with Crippen molar-refractivity contribution in [2.75, 3.05) is 39.8 Å². The fourth-order valence-electron chi connectivity index (χ4n) is 4.07. The van der Waals surface area contributed by atoms with Crippen molar-refractivity contribution in [1.29, 1.82) is 0 Å². The van der Waals surface area contributed by atoms with E-state index in [0.29, 0.717) is 37.6 Å². The van der Waals surface area contributed by atoms with E-state index in [1.807, 2.05) is 26.1 Å². The number of carbonyl (C=O) groups excluding carboxylic acids is 2. The molecule has 0 spiro atoms. The smallest absolute Gasteiger partial charge is 0.410 e. The summed E-state index contributed by atoms with van der Waals surface area (Å²) in [5.74, 6) is -1.05. The molecule has 8 nitrogen and oxygen atoms in total. The quantitative estimate of drug-likeness (QED) is 0.700. The minimum Gasteiger partial charge on any atom is -0.445 e. The summed E-state index contributed by atoms with van der Waals surface area (Å²) in [6.07, 6.45) is 0.0466. The maximum absolute atomic E-state index is 15.2. The van der Waals surface area contributed by atoms with E-state index in [4.69, 9.17) is 16.3 Å². The summed E-state index contributed by atoms with van der Waals surface area (Å²) in [6, 6.07) is 5.47. The third kappa shape index (κ3) is 4.88. The van der Waals surface area contributed by atoms with Gasteiger partial charge in [0.25, 0.3) is 5.91 Å². The van der Waals surface area contributed by atoms with Crippen LogP contribution in [-0.4, -0.2) is 76.3 Å². The van der Waals surface area contributed by atoms with Gasteiger partial charge in [-0.25, -0.2) is 9.18 Å². The molecule has 32 heavy (non-hydrogen) atoms. The lowest BCUT2D eigenvalue weighted by atomic mass is 10.1. The monoisotopic (exact) mass is 463 g/mol. The molecule has 0 radical (unpaired) electrons. The van der Waals surface area contributed by atoms with Crippen LogP contribution in [0.4, 0.5) is 9.18 Å². The third-order valence-electron chi connectivity index (χ3n) is 5.85. The van der Waals surface area contributed by atoms with Crippen LogP contribution in [0.2, 0.25) is 5.02 Å². The van der Waals surface area contributed by atoms with Gasteiger partial charge in [-0.1, -0.05) is 17.7 Å². The molecule has 0 atom stereocenters. The molecule has 0 unspecified atom stereocenters. The van der Waals surface area contributed by atoms with Gasteiger partial charge < -0.3 is 19.4 Å². The number of amides is 2. The van der Waals surface area contributed by atoms with Crippen LogP contribution in [0.25, 0.3) is 0 Å². The molecular weight excluding hydrogens is 437 g/mol. The van der Waals surface area contributed by atoms with Crippen LogP contribution in [0.5, 0.6) is 0 Å². The number of rotatable bonds is 3. The molecule has 3 heterocycles. The lowest BCUT2D eigenvalue weighted by molar-refractivity contribution is 0.0652. The van der Waals surface area contributed by atoms with Crippen LogP contribution in [0.15, 0.2) is 18.2 Å². The Morgan fingerprint density at radius 3 is 2.56 bits per heavy atom. The fraction of sp³-hybridized carbons (Fsp3) is 0.500. The Morgan fingerprint density at radius 1 is 1.09 bits per heavy atom. The second-order valence-electron chi connectivity index (χ2n) is 8.39. The van der Waals surface area contributed by atoms with Crippen LogP contribution >= 0.6 is 11.6 Å². The minimum atomic E-state index is -0.654. The molecule has 1 aromatic carbocycles. The highest BCUT2D eigenvalue weighted by molar-refractivity contribution is 6.30. The molecule has 1 aromatic heterocycles. The Morgan fingerprint density at radius 2 is 1.84 bits per heavy atom. The van der Waals surface area contributed by atoms with Crippen LogP contribution in [0.3, 0.4) is 0 Å². The van der Waals surface area contributed by atoms with Gasteiger partial charge in [0.1, 0.15) is 6.61 Å². The topological polar surface area (TPSA) is 70.9 Å². The normalized spacial score (nSPS) is 17.1. The molecule has 0 saturated carbocycles. The molecule has 0 bridgehead atoms. The third-order valence-corrected chi connectivity index (χ3v) is 6.07. The molecule has 0 N–H and O–H groups in total. The number of hydrogen-bond donors (Lipinski definition) is 0. The molecular formula is C22H27ClFN5O3. The van der Waals surface area contributed by atoms with Gasteiger partial charge in [0.15, 0.2) is 11.5 Å². The average Bonchev–Trinajstić information content (AvgIpc) is 2.93. The largest absolute Gasteiger partial charge is 0.445 e. The van der Waals surface area contributed by atoms with Crippen molar-refractivity contribution in [3.63, 3.8) is 0 Å². The van der Waals surface area contributed by atoms with Gasteiger partial charge >= 0.3 is 6.09 Å². The van der Waals surface area contributed by atoms with Crippen LogP contribution in [0, 0.1) is 12.7 Å². The molecule has 4 rings (SSSR count). The zero-order valence-corrected chi connectivity index (χ0v) is 19.1. The first-order valence-corrected chi connectivity index (χ1v) is 11.1. The number of carbonyl (C=O) groups is 2. The molecule has 2 aromatic rings. The number of ether oxygens (including phenoxy) is 1. The van der Waals surface area contributed by atoms with E-state index in [9.17, 15) is 9.59 Å². The molecule has 1 saturated heterocycles. The fourth-order valence-corrected chi connectivity index (χ4v) is 4.38.